The monoisotopic (exact) mass is 232 g/mol. The van der Waals surface area contributed by atoms with Gasteiger partial charge in [-0.1, -0.05) is 0 Å². The molecule has 0 amide bonds. The minimum atomic E-state index is -0.100. The van der Waals surface area contributed by atoms with E-state index >= 15 is 0 Å². The van der Waals surface area contributed by atoms with Gasteiger partial charge in [-0.3, -0.25) is 4.57 Å². The second-order valence-electron chi connectivity index (χ2n) is 4.57. The van der Waals surface area contributed by atoms with Gasteiger partial charge in [0.05, 0.1) is 5.69 Å². The lowest BCUT2D eigenvalue weighted by molar-refractivity contribution is 0.578. The number of aryl methyl sites for hydroxylation is 1. The number of rotatable bonds is 1. The molecule has 3 rings (SSSR count). The molecule has 0 saturated carbocycles. The smallest absolute Gasteiger partial charge is 0.327 e. The van der Waals surface area contributed by atoms with E-state index in [0.717, 1.165) is 29.9 Å². The fraction of sp³-hybridized carbons (Fsp3) is 0.500. The molecule has 0 radical (unpaired) electrons. The van der Waals surface area contributed by atoms with Crippen molar-refractivity contribution in [1.82, 2.24) is 14.5 Å². The van der Waals surface area contributed by atoms with Crippen LogP contribution in [0.3, 0.4) is 0 Å². The van der Waals surface area contributed by atoms with Crippen molar-refractivity contribution in [3.05, 3.63) is 22.7 Å². The highest BCUT2D eigenvalue weighted by atomic mass is 16.1. The van der Waals surface area contributed by atoms with Crippen LogP contribution in [0.4, 0.5) is 5.69 Å². The second kappa shape index (κ2) is 3.91. The van der Waals surface area contributed by atoms with Crippen molar-refractivity contribution >= 4 is 16.9 Å². The van der Waals surface area contributed by atoms with Crippen molar-refractivity contribution in [2.45, 2.75) is 19.3 Å². The standard InChI is InChI=1S/C12H16N4O/c1-15-11-10(14-12(15)17)9(5-6-13-11)16-7-3-2-4-8-16/h5-6H,2-4,7-8H2,1H3,(H,14,17). The van der Waals surface area contributed by atoms with Crippen LogP contribution in [-0.2, 0) is 7.05 Å². The Morgan fingerprint density at radius 1 is 1.29 bits per heavy atom. The predicted octanol–water partition coefficient (Wildman–Crippen LogP) is 1.25. The molecule has 1 fully saturated rings. The maximum Gasteiger partial charge on any atom is 0.327 e. The van der Waals surface area contributed by atoms with Gasteiger partial charge >= 0.3 is 5.69 Å². The molecule has 17 heavy (non-hydrogen) atoms. The number of aromatic nitrogens is 3. The Hall–Kier alpha value is -1.78. The third-order valence-electron chi connectivity index (χ3n) is 3.46. The van der Waals surface area contributed by atoms with Crippen LogP contribution < -0.4 is 10.6 Å². The molecule has 1 N–H and O–H groups in total. The molecule has 1 aliphatic rings. The van der Waals surface area contributed by atoms with Gasteiger partial charge in [0.25, 0.3) is 0 Å². The summed E-state index contributed by atoms with van der Waals surface area (Å²) in [5, 5.41) is 0. The van der Waals surface area contributed by atoms with Gasteiger partial charge in [-0.05, 0) is 25.3 Å². The maximum atomic E-state index is 11.6. The molecule has 0 spiro atoms. The first-order chi connectivity index (χ1) is 8.27. The molecule has 90 valence electrons. The van der Waals surface area contributed by atoms with Crippen molar-refractivity contribution in [1.29, 1.82) is 0 Å². The number of anilines is 1. The summed E-state index contributed by atoms with van der Waals surface area (Å²) in [6.07, 6.45) is 5.53. The molecule has 0 atom stereocenters. The van der Waals surface area contributed by atoms with Crippen LogP contribution in [0.2, 0.25) is 0 Å². The average molecular weight is 232 g/mol. The third kappa shape index (κ3) is 1.62. The Morgan fingerprint density at radius 2 is 2.06 bits per heavy atom. The Morgan fingerprint density at radius 3 is 2.82 bits per heavy atom. The van der Waals surface area contributed by atoms with Gasteiger partial charge in [0.15, 0.2) is 5.65 Å². The number of hydrogen-bond donors (Lipinski definition) is 1. The highest BCUT2D eigenvalue weighted by Gasteiger charge is 2.16. The first-order valence-corrected chi connectivity index (χ1v) is 6.06. The molecule has 0 unspecified atom stereocenters. The fourth-order valence-corrected chi connectivity index (χ4v) is 2.50. The number of pyridine rings is 1. The van der Waals surface area contributed by atoms with Crippen molar-refractivity contribution < 1.29 is 0 Å². The minimum absolute atomic E-state index is 0.100. The molecule has 5 heteroatoms. The van der Waals surface area contributed by atoms with Crippen LogP contribution in [-0.4, -0.2) is 27.6 Å². The number of H-pyrrole nitrogens is 1. The number of hydrogen-bond acceptors (Lipinski definition) is 3. The summed E-state index contributed by atoms with van der Waals surface area (Å²) in [5.41, 5.74) is 2.60. The molecule has 0 aliphatic carbocycles. The molecule has 1 aliphatic heterocycles. The van der Waals surface area contributed by atoms with Crippen molar-refractivity contribution in [3.63, 3.8) is 0 Å². The van der Waals surface area contributed by atoms with Crippen LogP contribution in [0, 0.1) is 0 Å². The zero-order chi connectivity index (χ0) is 11.8. The van der Waals surface area contributed by atoms with Crippen LogP contribution in [0.25, 0.3) is 11.2 Å². The van der Waals surface area contributed by atoms with E-state index in [2.05, 4.69) is 14.9 Å². The summed E-state index contributed by atoms with van der Waals surface area (Å²) in [6, 6.07) is 1.99. The van der Waals surface area contributed by atoms with Crippen LogP contribution >= 0.6 is 0 Å². The third-order valence-corrected chi connectivity index (χ3v) is 3.46. The minimum Gasteiger partial charge on any atom is -0.370 e. The Bertz CT molecular complexity index is 592. The fourth-order valence-electron chi connectivity index (χ4n) is 2.50. The average Bonchev–Trinajstić information content (AvgIpc) is 2.67. The lowest BCUT2D eigenvalue weighted by Crippen LogP contribution is -2.29. The molecule has 0 aromatic carbocycles. The first kappa shape index (κ1) is 10.4. The van der Waals surface area contributed by atoms with Crippen molar-refractivity contribution in [2.24, 2.45) is 7.05 Å². The number of imidazole rings is 1. The number of fused-ring (bicyclic) bond motifs is 1. The molecular weight excluding hydrogens is 216 g/mol. The number of piperidine rings is 1. The molecule has 3 heterocycles. The van der Waals surface area contributed by atoms with E-state index in [0.29, 0.717) is 0 Å². The summed E-state index contributed by atoms with van der Waals surface area (Å²) >= 11 is 0. The SMILES string of the molecule is Cn1c(=O)[nH]c2c(N3CCCCC3)ccnc21. The summed E-state index contributed by atoms with van der Waals surface area (Å²) < 4.78 is 1.56. The predicted molar refractivity (Wildman–Crippen MR) is 67.4 cm³/mol. The van der Waals surface area contributed by atoms with Crippen LogP contribution in [0.1, 0.15) is 19.3 Å². The van der Waals surface area contributed by atoms with E-state index in [4.69, 9.17) is 0 Å². The zero-order valence-corrected chi connectivity index (χ0v) is 9.94. The number of nitrogens with one attached hydrogen (secondary N) is 1. The molecule has 1 saturated heterocycles. The van der Waals surface area contributed by atoms with Gasteiger partial charge in [0.2, 0.25) is 0 Å². The number of aromatic amines is 1. The number of nitrogens with zero attached hydrogens (tertiary/aromatic N) is 3. The lowest BCUT2D eigenvalue weighted by Gasteiger charge is -2.28. The highest BCUT2D eigenvalue weighted by molar-refractivity contribution is 5.85. The molecule has 0 bridgehead atoms. The summed E-state index contributed by atoms with van der Waals surface area (Å²) in [5.74, 6) is 0. The van der Waals surface area contributed by atoms with E-state index in [1.54, 1.807) is 17.8 Å². The van der Waals surface area contributed by atoms with E-state index in [9.17, 15) is 4.79 Å². The summed E-state index contributed by atoms with van der Waals surface area (Å²) in [4.78, 5) is 21.1. The topological polar surface area (TPSA) is 53.9 Å². The zero-order valence-electron chi connectivity index (χ0n) is 9.94. The molecular formula is C12H16N4O. The van der Waals surface area contributed by atoms with Gasteiger partial charge in [0.1, 0.15) is 5.52 Å². The molecule has 2 aromatic heterocycles. The quantitative estimate of drug-likeness (QED) is 0.805. The van der Waals surface area contributed by atoms with E-state index in [1.165, 1.54) is 19.3 Å². The maximum absolute atomic E-state index is 11.6. The van der Waals surface area contributed by atoms with Gasteiger partial charge in [-0.2, -0.15) is 0 Å². The van der Waals surface area contributed by atoms with Crippen LogP contribution in [0.5, 0.6) is 0 Å². The highest BCUT2D eigenvalue weighted by Crippen LogP contribution is 2.25. The second-order valence-corrected chi connectivity index (χ2v) is 4.57. The van der Waals surface area contributed by atoms with Gasteiger partial charge in [-0.25, -0.2) is 9.78 Å². The summed E-state index contributed by atoms with van der Waals surface area (Å²) in [7, 11) is 1.74. The molecule has 2 aromatic rings. The van der Waals surface area contributed by atoms with E-state index in [-0.39, 0.29) is 5.69 Å². The van der Waals surface area contributed by atoms with Crippen molar-refractivity contribution in [3.8, 4) is 0 Å². The lowest BCUT2D eigenvalue weighted by atomic mass is 10.1. The summed E-state index contributed by atoms with van der Waals surface area (Å²) in [6.45, 7) is 2.13. The Labute approximate surface area is 99.1 Å². The Kier molecular flexibility index (Phi) is 2.39. The van der Waals surface area contributed by atoms with E-state index < -0.39 is 0 Å². The van der Waals surface area contributed by atoms with Gasteiger partial charge < -0.3 is 9.88 Å². The van der Waals surface area contributed by atoms with Crippen molar-refractivity contribution in [2.75, 3.05) is 18.0 Å². The van der Waals surface area contributed by atoms with Gasteiger partial charge in [-0.15, -0.1) is 0 Å². The largest absolute Gasteiger partial charge is 0.370 e. The van der Waals surface area contributed by atoms with Crippen LogP contribution in [0.15, 0.2) is 17.1 Å². The molecule has 5 nitrogen and oxygen atoms in total. The first-order valence-electron chi connectivity index (χ1n) is 6.06. The van der Waals surface area contributed by atoms with Gasteiger partial charge in [0, 0.05) is 26.3 Å². The van der Waals surface area contributed by atoms with E-state index in [1.807, 2.05) is 6.07 Å². The Balaban J connectivity index is 2.15. The normalized spacial score (nSPS) is 16.6.